The van der Waals surface area contributed by atoms with Gasteiger partial charge in [0.2, 0.25) is 5.91 Å². The fourth-order valence-corrected chi connectivity index (χ4v) is 3.42. The number of carbonyl (C=O) groups excluding carboxylic acids is 2. The van der Waals surface area contributed by atoms with Crippen molar-refractivity contribution in [3.05, 3.63) is 35.6 Å². The number of anilines is 1. The van der Waals surface area contributed by atoms with E-state index in [9.17, 15) is 9.59 Å². The Bertz CT molecular complexity index is 781. The lowest BCUT2D eigenvalue weighted by molar-refractivity contribution is -0.121. The van der Waals surface area contributed by atoms with Crippen molar-refractivity contribution in [2.75, 3.05) is 36.8 Å². The Kier molecular flexibility index (Phi) is 6.00. The van der Waals surface area contributed by atoms with Gasteiger partial charge in [-0.05, 0) is 24.3 Å². The molecular formula is C16H19ClN6O2S. The Labute approximate surface area is 160 Å². The van der Waals surface area contributed by atoms with Gasteiger partial charge in [0.15, 0.2) is 5.16 Å². The maximum absolute atomic E-state index is 12.5. The van der Waals surface area contributed by atoms with Crippen LogP contribution in [-0.2, 0) is 11.8 Å². The third-order valence-corrected chi connectivity index (χ3v) is 5.18. The second-order valence-electron chi connectivity index (χ2n) is 5.76. The van der Waals surface area contributed by atoms with Crippen LogP contribution in [0.3, 0.4) is 0 Å². The summed E-state index contributed by atoms with van der Waals surface area (Å²) in [6.07, 6.45) is 1.63. The van der Waals surface area contributed by atoms with Crippen LogP contribution >= 0.6 is 23.4 Å². The van der Waals surface area contributed by atoms with Crippen LogP contribution in [0.25, 0.3) is 0 Å². The highest BCUT2D eigenvalue weighted by Gasteiger charge is 2.30. The van der Waals surface area contributed by atoms with Gasteiger partial charge in [-0.1, -0.05) is 23.4 Å². The molecule has 8 nitrogen and oxygen atoms in total. The van der Waals surface area contributed by atoms with Crippen molar-refractivity contribution < 1.29 is 9.59 Å². The number of benzene rings is 1. The molecule has 26 heavy (non-hydrogen) atoms. The van der Waals surface area contributed by atoms with E-state index in [1.165, 1.54) is 11.8 Å². The molecule has 0 spiro atoms. The first-order chi connectivity index (χ1) is 12.5. The molecule has 0 radical (unpaired) electrons. The van der Waals surface area contributed by atoms with E-state index in [0.29, 0.717) is 30.4 Å². The lowest BCUT2D eigenvalue weighted by Gasteiger charge is -2.18. The minimum Gasteiger partial charge on any atom is -0.354 e. The normalized spacial score (nSPS) is 14.2. The molecule has 0 bridgehead atoms. The van der Waals surface area contributed by atoms with Crippen LogP contribution in [0.4, 0.5) is 10.5 Å². The van der Waals surface area contributed by atoms with Gasteiger partial charge in [-0.15, -0.1) is 10.2 Å². The fourth-order valence-electron chi connectivity index (χ4n) is 2.56. The molecule has 0 unspecified atom stereocenters. The summed E-state index contributed by atoms with van der Waals surface area (Å²) in [5.41, 5.74) is 0.780. The van der Waals surface area contributed by atoms with Crippen molar-refractivity contribution in [2.45, 2.75) is 5.16 Å². The molecule has 1 aromatic heterocycles. The Morgan fingerprint density at radius 2 is 2.08 bits per heavy atom. The van der Waals surface area contributed by atoms with Gasteiger partial charge in [0, 0.05) is 43.1 Å². The van der Waals surface area contributed by atoms with Crippen LogP contribution in [-0.4, -0.2) is 63.5 Å². The second-order valence-corrected chi connectivity index (χ2v) is 7.25. The monoisotopic (exact) mass is 394 g/mol. The smallest absolute Gasteiger partial charge is 0.325 e. The molecule has 1 aromatic carbocycles. The van der Waals surface area contributed by atoms with Crippen LogP contribution in [0.5, 0.6) is 0 Å². The molecule has 1 N–H and O–H groups in total. The number of aryl methyl sites for hydroxylation is 1. The highest BCUT2D eigenvalue weighted by molar-refractivity contribution is 7.99. The Morgan fingerprint density at radius 1 is 1.31 bits per heavy atom. The lowest BCUT2D eigenvalue weighted by Crippen LogP contribution is -2.40. The first kappa shape index (κ1) is 18.5. The molecule has 3 amide bonds. The molecule has 1 aliphatic rings. The second kappa shape index (κ2) is 8.41. The zero-order valence-electron chi connectivity index (χ0n) is 14.3. The molecule has 138 valence electrons. The number of hydrogen-bond donors (Lipinski definition) is 1. The minimum absolute atomic E-state index is 0.0531. The van der Waals surface area contributed by atoms with Crippen molar-refractivity contribution in [3.63, 3.8) is 0 Å². The van der Waals surface area contributed by atoms with Gasteiger partial charge in [-0.3, -0.25) is 9.69 Å². The topological polar surface area (TPSA) is 83.4 Å². The molecule has 1 aliphatic heterocycles. The Balaban J connectivity index is 1.42. The average molecular weight is 395 g/mol. The van der Waals surface area contributed by atoms with Gasteiger partial charge >= 0.3 is 6.03 Å². The number of aromatic nitrogens is 3. The SMILES string of the molecule is Cn1cnnc1SCCNC(=O)CN1CCN(c2ccc(Cl)cc2)C1=O. The molecule has 3 rings (SSSR count). The van der Waals surface area contributed by atoms with Gasteiger partial charge in [-0.2, -0.15) is 0 Å². The van der Waals surface area contributed by atoms with Crippen LogP contribution < -0.4 is 10.2 Å². The number of nitrogens with one attached hydrogen (secondary N) is 1. The molecule has 2 heterocycles. The fraction of sp³-hybridized carbons (Fsp3) is 0.375. The molecule has 0 aliphatic carbocycles. The molecule has 0 atom stereocenters. The number of hydrogen-bond acceptors (Lipinski definition) is 5. The first-order valence-electron chi connectivity index (χ1n) is 8.10. The number of halogens is 1. The van der Waals surface area contributed by atoms with Gasteiger partial charge in [0.25, 0.3) is 0 Å². The first-order valence-corrected chi connectivity index (χ1v) is 9.46. The van der Waals surface area contributed by atoms with Gasteiger partial charge in [-0.25, -0.2) is 4.79 Å². The van der Waals surface area contributed by atoms with Crippen molar-refractivity contribution >= 4 is 41.0 Å². The van der Waals surface area contributed by atoms with Crippen LogP contribution in [0.2, 0.25) is 5.02 Å². The number of nitrogens with zero attached hydrogens (tertiary/aromatic N) is 5. The molecule has 0 saturated carbocycles. The van der Waals surface area contributed by atoms with E-state index < -0.39 is 0 Å². The third-order valence-electron chi connectivity index (χ3n) is 3.89. The summed E-state index contributed by atoms with van der Waals surface area (Å²) in [5, 5.41) is 12.0. The number of amides is 3. The molecule has 2 aromatic rings. The summed E-state index contributed by atoms with van der Waals surface area (Å²) in [7, 11) is 1.87. The lowest BCUT2D eigenvalue weighted by atomic mass is 10.3. The van der Waals surface area contributed by atoms with E-state index in [4.69, 9.17) is 11.6 Å². The summed E-state index contributed by atoms with van der Waals surface area (Å²) in [6.45, 7) is 1.62. The number of carbonyl (C=O) groups is 2. The number of rotatable bonds is 7. The van der Waals surface area contributed by atoms with Crippen LogP contribution in [0.15, 0.2) is 35.7 Å². The zero-order chi connectivity index (χ0) is 18.5. The summed E-state index contributed by atoms with van der Waals surface area (Å²) in [5.74, 6) is 0.512. The molecule has 1 saturated heterocycles. The van der Waals surface area contributed by atoms with Crippen molar-refractivity contribution in [1.29, 1.82) is 0 Å². The number of urea groups is 1. The van der Waals surface area contributed by atoms with Crippen LogP contribution in [0, 0.1) is 0 Å². The van der Waals surface area contributed by atoms with E-state index in [1.54, 1.807) is 40.4 Å². The summed E-state index contributed by atoms with van der Waals surface area (Å²) < 4.78 is 1.82. The van der Waals surface area contributed by atoms with E-state index >= 15 is 0 Å². The predicted octanol–water partition coefficient (Wildman–Crippen LogP) is 1.62. The van der Waals surface area contributed by atoms with Gasteiger partial charge in [0.05, 0.1) is 0 Å². The maximum Gasteiger partial charge on any atom is 0.325 e. The van der Waals surface area contributed by atoms with E-state index in [2.05, 4.69) is 15.5 Å². The summed E-state index contributed by atoms with van der Waals surface area (Å²) >= 11 is 7.39. The standard InChI is InChI=1S/C16H19ClN6O2S/c1-21-11-19-20-15(21)26-9-6-18-14(24)10-22-7-8-23(16(22)25)13-4-2-12(17)3-5-13/h2-5,11H,6-10H2,1H3,(H,18,24). The average Bonchev–Trinajstić information content (AvgIpc) is 3.19. The van der Waals surface area contributed by atoms with Crippen molar-refractivity contribution in [3.8, 4) is 0 Å². The zero-order valence-corrected chi connectivity index (χ0v) is 15.8. The van der Waals surface area contributed by atoms with Crippen LogP contribution in [0.1, 0.15) is 0 Å². The largest absolute Gasteiger partial charge is 0.354 e. The minimum atomic E-state index is -0.171. The van der Waals surface area contributed by atoms with E-state index in [0.717, 1.165) is 10.8 Å². The van der Waals surface area contributed by atoms with E-state index in [-0.39, 0.29) is 18.5 Å². The highest BCUT2D eigenvalue weighted by Crippen LogP contribution is 2.22. The molecule has 1 fully saturated rings. The highest BCUT2D eigenvalue weighted by atomic mass is 35.5. The number of thioether (sulfide) groups is 1. The maximum atomic E-state index is 12.5. The van der Waals surface area contributed by atoms with Crippen molar-refractivity contribution in [2.24, 2.45) is 7.05 Å². The Morgan fingerprint density at radius 3 is 2.77 bits per heavy atom. The molecule has 10 heteroatoms. The van der Waals surface area contributed by atoms with Gasteiger partial charge < -0.3 is 14.8 Å². The Hall–Kier alpha value is -2.26. The summed E-state index contributed by atoms with van der Waals surface area (Å²) in [4.78, 5) is 27.7. The summed E-state index contributed by atoms with van der Waals surface area (Å²) in [6, 6.07) is 6.92. The van der Waals surface area contributed by atoms with Crippen molar-refractivity contribution in [1.82, 2.24) is 25.0 Å². The molecular weight excluding hydrogens is 376 g/mol. The third kappa shape index (κ3) is 4.47. The predicted molar refractivity (Wildman–Crippen MR) is 101 cm³/mol. The van der Waals surface area contributed by atoms with E-state index in [1.807, 2.05) is 11.6 Å². The van der Waals surface area contributed by atoms with Gasteiger partial charge in [0.1, 0.15) is 12.9 Å². The quantitative estimate of drug-likeness (QED) is 0.570.